The van der Waals surface area contributed by atoms with Gasteiger partial charge in [-0.25, -0.2) is 8.42 Å². The maximum atomic E-state index is 11.5. The van der Waals surface area contributed by atoms with E-state index in [1.807, 2.05) is 36.4 Å². The molecule has 1 atom stereocenters. The van der Waals surface area contributed by atoms with Crippen LogP contribution < -0.4 is 5.32 Å². The van der Waals surface area contributed by atoms with Gasteiger partial charge in [0.25, 0.3) is 0 Å². The first-order valence-corrected chi connectivity index (χ1v) is 8.33. The Bertz CT molecular complexity index is 791. The Morgan fingerprint density at radius 1 is 1.33 bits per heavy atom. The molecule has 1 aromatic carbocycles. The first-order chi connectivity index (χ1) is 10.1. The van der Waals surface area contributed by atoms with Crippen LogP contribution in [0.3, 0.4) is 0 Å². The number of anilines is 1. The van der Waals surface area contributed by atoms with E-state index < -0.39 is 9.84 Å². The number of nitrogens with zero attached hydrogens (tertiary/aromatic N) is 2. The molecule has 1 fully saturated rings. The molecule has 0 saturated carbocycles. The molecule has 1 aliphatic rings. The van der Waals surface area contributed by atoms with Crippen molar-refractivity contribution >= 4 is 15.7 Å². The number of rotatable bonds is 3. The average molecular weight is 303 g/mol. The van der Waals surface area contributed by atoms with Crippen molar-refractivity contribution in [2.75, 3.05) is 16.8 Å². The van der Waals surface area contributed by atoms with Gasteiger partial charge in [-0.05, 0) is 18.6 Å². The van der Waals surface area contributed by atoms with E-state index in [9.17, 15) is 8.42 Å². The Labute approximate surface area is 122 Å². The highest BCUT2D eigenvalue weighted by Gasteiger charge is 2.29. The average Bonchev–Trinajstić information content (AvgIpc) is 3.03. The Morgan fingerprint density at radius 2 is 2.10 bits per heavy atom. The summed E-state index contributed by atoms with van der Waals surface area (Å²) in [6.07, 6.45) is 0.509. The van der Waals surface area contributed by atoms with E-state index in [2.05, 4.69) is 10.3 Å². The van der Waals surface area contributed by atoms with Crippen LogP contribution >= 0.6 is 0 Å². The summed E-state index contributed by atoms with van der Waals surface area (Å²) in [6.45, 7) is 0. The second-order valence-corrected chi connectivity index (χ2v) is 7.15. The minimum atomic E-state index is -2.99. The highest BCUT2D eigenvalue weighted by molar-refractivity contribution is 7.91. The number of nitrogens with one attached hydrogen (secondary N) is 1. The van der Waals surface area contributed by atoms with Crippen molar-refractivity contribution in [3.8, 4) is 17.5 Å². The van der Waals surface area contributed by atoms with E-state index in [1.54, 1.807) is 0 Å². The molecule has 3 rings (SSSR count). The fourth-order valence-corrected chi connectivity index (χ4v) is 3.97. The molecule has 6 nitrogen and oxygen atoms in total. The number of aromatic nitrogens is 1. The van der Waals surface area contributed by atoms with Gasteiger partial charge in [-0.15, -0.1) is 0 Å². The topological polar surface area (TPSA) is 96.0 Å². The van der Waals surface area contributed by atoms with Gasteiger partial charge in [0.1, 0.15) is 6.07 Å². The number of oxazole rings is 1. The quantitative estimate of drug-likeness (QED) is 0.929. The van der Waals surface area contributed by atoms with Crippen LogP contribution in [-0.4, -0.2) is 30.9 Å². The predicted molar refractivity (Wildman–Crippen MR) is 77.3 cm³/mol. The Balaban J connectivity index is 1.86. The molecule has 0 radical (unpaired) electrons. The van der Waals surface area contributed by atoms with Crippen molar-refractivity contribution in [2.45, 2.75) is 12.5 Å². The molecule has 0 unspecified atom stereocenters. The molecule has 2 aromatic rings. The zero-order chi connectivity index (χ0) is 14.9. The van der Waals surface area contributed by atoms with Gasteiger partial charge in [-0.1, -0.05) is 18.2 Å². The first-order valence-electron chi connectivity index (χ1n) is 6.51. The van der Waals surface area contributed by atoms with E-state index in [1.165, 1.54) is 0 Å². The maximum Gasteiger partial charge on any atom is 0.232 e. The normalized spacial score (nSPS) is 20.0. The van der Waals surface area contributed by atoms with Crippen LogP contribution in [0.2, 0.25) is 0 Å². The van der Waals surface area contributed by atoms with Crippen molar-refractivity contribution < 1.29 is 12.8 Å². The molecule has 1 saturated heterocycles. The van der Waals surface area contributed by atoms with Gasteiger partial charge in [0, 0.05) is 11.6 Å². The fraction of sp³-hybridized carbons (Fsp3) is 0.286. The third-order valence-electron chi connectivity index (χ3n) is 3.32. The minimum absolute atomic E-state index is 0.0548. The SMILES string of the molecule is N#Cc1nc(-c2ccccc2)oc1N[C@@H]1CCS(=O)(=O)C1. The van der Waals surface area contributed by atoms with Crippen LogP contribution in [0.25, 0.3) is 11.5 Å². The highest BCUT2D eigenvalue weighted by atomic mass is 32.2. The molecule has 0 spiro atoms. The van der Waals surface area contributed by atoms with Crippen LogP contribution in [0.5, 0.6) is 0 Å². The van der Waals surface area contributed by atoms with Crippen LogP contribution in [-0.2, 0) is 9.84 Å². The smallest absolute Gasteiger partial charge is 0.232 e. The minimum Gasteiger partial charge on any atom is -0.419 e. The monoisotopic (exact) mass is 303 g/mol. The van der Waals surface area contributed by atoms with Gasteiger partial charge >= 0.3 is 0 Å². The summed E-state index contributed by atoms with van der Waals surface area (Å²) in [5, 5.41) is 12.1. The highest BCUT2D eigenvalue weighted by Crippen LogP contribution is 2.27. The second kappa shape index (κ2) is 5.22. The van der Waals surface area contributed by atoms with Crippen molar-refractivity contribution in [3.63, 3.8) is 0 Å². The fourth-order valence-electron chi connectivity index (χ4n) is 2.29. The molecule has 0 aliphatic carbocycles. The zero-order valence-corrected chi connectivity index (χ0v) is 11.9. The summed E-state index contributed by atoms with van der Waals surface area (Å²) in [7, 11) is -2.99. The van der Waals surface area contributed by atoms with Crippen molar-refractivity contribution in [1.82, 2.24) is 4.98 Å². The van der Waals surface area contributed by atoms with Gasteiger partial charge in [0.15, 0.2) is 9.84 Å². The molecule has 7 heteroatoms. The second-order valence-electron chi connectivity index (χ2n) is 4.92. The number of hydrogen-bond donors (Lipinski definition) is 1. The summed E-state index contributed by atoms with van der Waals surface area (Å²) < 4.78 is 28.5. The Hall–Kier alpha value is -2.33. The van der Waals surface area contributed by atoms with E-state index >= 15 is 0 Å². The van der Waals surface area contributed by atoms with E-state index in [4.69, 9.17) is 9.68 Å². The summed E-state index contributed by atoms with van der Waals surface area (Å²) >= 11 is 0. The summed E-state index contributed by atoms with van der Waals surface area (Å²) in [5.41, 5.74) is 0.902. The summed E-state index contributed by atoms with van der Waals surface area (Å²) in [5.74, 6) is 0.792. The van der Waals surface area contributed by atoms with Gasteiger partial charge in [-0.3, -0.25) is 0 Å². The van der Waals surface area contributed by atoms with Gasteiger partial charge < -0.3 is 9.73 Å². The van der Waals surface area contributed by atoms with Gasteiger partial charge in [0.05, 0.1) is 11.5 Å². The molecule has 1 aromatic heterocycles. The lowest BCUT2D eigenvalue weighted by Gasteiger charge is -2.08. The molecular formula is C14H13N3O3S. The van der Waals surface area contributed by atoms with Gasteiger partial charge in [-0.2, -0.15) is 10.2 Å². The molecule has 1 aliphatic heterocycles. The molecular weight excluding hydrogens is 290 g/mol. The zero-order valence-electron chi connectivity index (χ0n) is 11.1. The summed E-state index contributed by atoms with van der Waals surface area (Å²) in [6, 6.07) is 11.0. The lowest BCUT2D eigenvalue weighted by molar-refractivity contribution is 0.575. The molecule has 21 heavy (non-hydrogen) atoms. The molecule has 0 amide bonds. The van der Waals surface area contributed by atoms with E-state index in [0.717, 1.165) is 5.56 Å². The lowest BCUT2D eigenvalue weighted by atomic mass is 10.2. The Kier molecular flexibility index (Phi) is 3.39. The van der Waals surface area contributed by atoms with Crippen LogP contribution in [0, 0.1) is 11.3 Å². The van der Waals surface area contributed by atoms with Crippen molar-refractivity contribution in [2.24, 2.45) is 0 Å². The van der Waals surface area contributed by atoms with Crippen molar-refractivity contribution in [1.29, 1.82) is 5.26 Å². The number of nitriles is 1. The van der Waals surface area contributed by atoms with Crippen LogP contribution in [0.15, 0.2) is 34.7 Å². The molecule has 0 bridgehead atoms. The van der Waals surface area contributed by atoms with Gasteiger partial charge in [0.2, 0.25) is 17.5 Å². The number of benzene rings is 1. The standard InChI is InChI=1S/C14H13N3O3S/c15-8-12-14(16-11-6-7-21(18,19)9-11)20-13(17-12)10-4-2-1-3-5-10/h1-5,11,16H,6-7,9H2/t11-/m1/s1. The van der Waals surface area contributed by atoms with E-state index in [-0.39, 0.29) is 29.1 Å². The number of sulfone groups is 1. The van der Waals surface area contributed by atoms with Crippen molar-refractivity contribution in [3.05, 3.63) is 36.0 Å². The largest absolute Gasteiger partial charge is 0.419 e. The molecule has 1 N–H and O–H groups in total. The first kappa shape index (κ1) is 13.6. The van der Waals surface area contributed by atoms with Crippen LogP contribution in [0.1, 0.15) is 12.1 Å². The van der Waals surface area contributed by atoms with E-state index in [0.29, 0.717) is 12.3 Å². The maximum absolute atomic E-state index is 11.5. The Morgan fingerprint density at radius 3 is 2.71 bits per heavy atom. The molecule has 108 valence electrons. The summed E-state index contributed by atoms with van der Waals surface area (Å²) in [4.78, 5) is 4.14. The third-order valence-corrected chi connectivity index (χ3v) is 5.09. The number of hydrogen-bond acceptors (Lipinski definition) is 6. The lowest BCUT2D eigenvalue weighted by Crippen LogP contribution is -2.20. The third kappa shape index (κ3) is 2.90. The molecule has 2 heterocycles. The predicted octanol–water partition coefficient (Wildman–Crippen LogP) is 1.81. The van der Waals surface area contributed by atoms with Crippen LogP contribution in [0.4, 0.5) is 5.88 Å².